The fourth-order valence-corrected chi connectivity index (χ4v) is 2.30. The van der Waals surface area contributed by atoms with Crippen LogP contribution in [0.15, 0.2) is 0 Å². The first kappa shape index (κ1) is 16.9. The number of hydrogen-bond acceptors (Lipinski definition) is 4. The van der Waals surface area contributed by atoms with E-state index in [0.29, 0.717) is 12.8 Å². The van der Waals surface area contributed by atoms with Crippen molar-refractivity contribution in [3.05, 3.63) is 0 Å². The van der Waals surface area contributed by atoms with Crippen LogP contribution in [-0.2, 0) is 19.4 Å². The first-order valence-corrected chi connectivity index (χ1v) is 7.48. The third-order valence-corrected chi connectivity index (χ3v) is 5.34. The Morgan fingerprint density at radius 3 is 2.00 bits per heavy atom. The number of nitrogens with one attached hydrogen (secondary N) is 1. The maximum atomic E-state index is 11.8. The molecule has 0 saturated heterocycles. The number of rotatable bonds is 7. The molecule has 18 heavy (non-hydrogen) atoms. The molecule has 0 aliphatic carbocycles. The van der Waals surface area contributed by atoms with Gasteiger partial charge >= 0.3 is 5.97 Å². The lowest BCUT2D eigenvalue weighted by atomic mass is 10.2. The van der Waals surface area contributed by atoms with Crippen LogP contribution in [0.3, 0.4) is 0 Å². The SMILES string of the molecule is CCC(CC)NC(=O)CS(=O)(=O)C(C)(C)C(=O)O. The first-order chi connectivity index (χ1) is 8.08. The van der Waals surface area contributed by atoms with E-state index in [9.17, 15) is 18.0 Å². The molecule has 7 heteroatoms. The van der Waals surface area contributed by atoms with Gasteiger partial charge in [0, 0.05) is 6.04 Å². The highest BCUT2D eigenvalue weighted by Gasteiger charge is 2.42. The summed E-state index contributed by atoms with van der Waals surface area (Å²) in [4.78, 5) is 22.4. The second-order valence-electron chi connectivity index (χ2n) is 4.66. The molecule has 1 amide bonds. The van der Waals surface area contributed by atoms with E-state index in [4.69, 9.17) is 5.11 Å². The average molecular weight is 279 g/mol. The molecule has 0 heterocycles. The fraction of sp³-hybridized carbons (Fsp3) is 0.818. The standard InChI is InChI=1S/C11H21NO5S/c1-5-8(6-2)12-9(13)7-18(16,17)11(3,4)10(14)15/h8H,5-7H2,1-4H3,(H,12,13)(H,14,15). The molecule has 0 aromatic rings. The number of sulfone groups is 1. The minimum atomic E-state index is -4.03. The molecule has 0 atom stereocenters. The third kappa shape index (κ3) is 3.97. The summed E-state index contributed by atoms with van der Waals surface area (Å²) in [5.74, 6) is -2.92. The quantitative estimate of drug-likeness (QED) is 0.709. The smallest absolute Gasteiger partial charge is 0.324 e. The Bertz CT molecular complexity index is 409. The van der Waals surface area contributed by atoms with E-state index < -0.39 is 32.2 Å². The monoisotopic (exact) mass is 279 g/mol. The normalized spacial score (nSPS) is 12.5. The lowest BCUT2D eigenvalue weighted by Gasteiger charge is -2.20. The zero-order valence-corrected chi connectivity index (χ0v) is 12.0. The summed E-state index contributed by atoms with van der Waals surface area (Å²) >= 11 is 0. The highest BCUT2D eigenvalue weighted by atomic mass is 32.2. The van der Waals surface area contributed by atoms with Gasteiger partial charge in [0.25, 0.3) is 0 Å². The Morgan fingerprint density at radius 2 is 1.67 bits per heavy atom. The first-order valence-electron chi connectivity index (χ1n) is 5.83. The van der Waals surface area contributed by atoms with Crippen LogP contribution in [0.25, 0.3) is 0 Å². The van der Waals surface area contributed by atoms with Gasteiger partial charge in [-0.05, 0) is 26.7 Å². The van der Waals surface area contributed by atoms with Gasteiger partial charge < -0.3 is 10.4 Å². The lowest BCUT2D eigenvalue weighted by Crippen LogP contribution is -2.46. The molecule has 0 unspecified atom stereocenters. The van der Waals surface area contributed by atoms with E-state index in [1.165, 1.54) is 0 Å². The van der Waals surface area contributed by atoms with Crippen molar-refractivity contribution in [2.75, 3.05) is 5.75 Å². The molecule has 0 aliphatic rings. The summed E-state index contributed by atoms with van der Waals surface area (Å²) < 4.78 is 21.7. The Labute approximate surface area is 108 Å². The Kier molecular flexibility index (Phi) is 5.79. The van der Waals surface area contributed by atoms with Gasteiger partial charge in [0.05, 0.1) is 0 Å². The number of hydrogen-bond donors (Lipinski definition) is 2. The van der Waals surface area contributed by atoms with Gasteiger partial charge in [-0.2, -0.15) is 0 Å². The molecule has 6 nitrogen and oxygen atoms in total. The van der Waals surface area contributed by atoms with E-state index in [2.05, 4.69) is 5.32 Å². The van der Waals surface area contributed by atoms with Crippen LogP contribution in [0.2, 0.25) is 0 Å². The zero-order valence-electron chi connectivity index (χ0n) is 11.2. The van der Waals surface area contributed by atoms with E-state index in [1.54, 1.807) is 0 Å². The van der Waals surface area contributed by atoms with E-state index in [0.717, 1.165) is 13.8 Å². The average Bonchev–Trinajstić information content (AvgIpc) is 2.24. The van der Waals surface area contributed by atoms with Gasteiger partial charge in [0.2, 0.25) is 5.91 Å². The Hall–Kier alpha value is -1.11. The molecule has 0 radical (unpaired) electrons. The van der Waals surface area contributed by atoms with Gasteiger partial charge in [-0.1, -0.05) is 13.8 Å². The van der Waals surface area contributed by atoms with Crippen molar-refractivity contribution < 1.29 is 23.1 Å². The zero-order chi connectivity index (χ0) is 14.6. The van der Waals surface area contributed by atoms with Gasteiger partial charge in [-0.25, -0.2) is 8.42 Å². The van der Waals surface area contributed by atoms with Crippen LogP contribution in [0.4, 0.5) is 0 Å². The maximum Gasteiger partial charge on any atom is 0.324 e. The van der Waals surface area contributed by atoms with Gasteiger partial charge in [-0.15, -0.1) is 0 Å². The largest absolute Gasteiger partial charge is 0.480 e. The Balaban J connectivity index is 4.80. The van der Waals surface area contributed by atoms with Crippen molar-refractivity contribution in [1.29, 1.82) is 0 Å². The number of carbonyl (C=O) groups excluding carboxylic acids is 1. The minimum absolute atomic E-state index is 0.0827. The minimum Gasteiger partial charge on any atom is -0.480 e. The third-order valence-electron chi connectivity index (χ3n) is 2.96. The van der Waals surface area contributed by atoms with E-state index >= 15 is 0 Å². The van der Waals surface area contributed by atoms with E-state index in [1.807, 2.05) is 13.8 Å². The highest BCUT2D eigenvalue weighted by Crippen LogP contribution is 2.17. The molecule has 0 aliphatic heterocycles. The number of amides is 1. The summed E-state index contributed by atoms with van der Waals surface area (Å²) in [5.41, 5.74) is 0. The highest BCUT2D eigenvalue weighted by molar-refractivity contribution is 7.94. The number of aliphatic carboxylic acids is 1. The van der Waals surface area contributed by atoms with Crippen molar-refractivity contribution in [3.63, 3.8) is 0 Å². The van der Waals surface area contributed by atoms with Crippen molar-refractivity contribution >= 4 is 21.7 Å². The topological polar surface area (TPSA) is 101 Å². The predicted octanol–water partition coefficient (Wildman–Crippen LogP) is 0.569. The van der Waals surface area contributed by atoms with Crippen LogP contribution in [0.1, 0.15) is 40.5 Å². The van der Waals surface area contributed by atoms with Crippen LogP contribution in [0, 0.1) is 0 Å². The van der Waals surface area contributed by atoms with Crippen LogP contribution < -0.4 is 5.32 Å². The van der Waals surface area contributed by atoms with Gasteiger partial charge in [0.15, 0.2) is 14.6 Å². The molecule has 0 spiro atoms. The van der Waals surface area contributed by atoms with Crippen LogP contribution >= 0.6 is 0 Å². The maximum absolute atomic E-state index is 11.8. The second kappa shape index (κ2) is 6.17. The van der Waals surface area contributed by atoms with Gasteiger partial charge in [0.1, 0.15) is 5.75 Å². The summed E-state index contributed by atoms with van der Waals surface area (Å²) in [6.07, 6.45) is 1.40. The van der Waals surface area contributed by atoms with E-state index in [-0.39, 0.29) is 6.04 Å². The molecule has 0 aromatic heterocycles. The molecule has 2 N–H and O–H groups in total. The van der Waals surface area contributed by atoms with Crippen molar-refractivity contribution in [2.24, 2.45) is 0 Å². The molecular formula is C11H21NO5S. The fourth-order valence-electron chi connectivity index (χ4n) is 1.25. The summed E-state index contributed by atoms with van der Waals surface area (Å²) in [5, 5.41) is 11.4. The summed E-state index contributed by atoms with van der Waals surface area (Å²) in [6, 6.07) is -0.0827. The van der Waals surface area contributed by atoms with Crippen LogP contribution in [-0.4, -0.2) is 41.9 Å². The van der Waals surface area contributed by atoms with Crippen molar-refractivity contribution in [2.45, 2.75) is 51.3 Å². The molecule has 0 bridgehead atoms. The molecule has 0 fully saturated rings. The van der Waals surface area contributed by atoms with Crippen LogP contribution in [0.5, 0.6) is 0 Å². The number of carbonyl (C=O) groups is 2. The molecule has 0 rings (SSSR count). The lowest BCUT2D eigenvalue weighted by molar-refractivity contribution is -0.139. The van der Waals surface area contributed by atoms with Gasteiger partial charge in [-0.3, -0.25) is 9.59 Å². The molecule has 106 valence electrons. The predicted molar refractivity (Wildman–Crippen MR) is 68.0 cm³/mol. The molecule has 0 saturated carbocycles. The number of carboxylic acid groups (broad SMARTS) is 1. The summed E-state index contributed by atoms with van der Waals surface area (Å²) in [7, 11) is -4.03. The number of carboxylic acids is 1. The summed E-state index contributed by atoms with van der Waals surface area (Å²) in [6.45, 7) is 5.92. The Morgan fingerprint density at radius 1 is 1.22 bits per heavy atom. The van der Waals surface area contributed by atoms with Crippen molar-refractivity contribution in [3.8, 4) is 0 Å². The molecular weight excluding hydrogens is 258 g/mol. The molecule has 0 aromatic carbocycles. The second-order valence-corrected chi connectivity index (χ2v) is 7.19. The van der Waals surface area contributed by atoms with Crippen molar-refractivity contribution in [1.82, 2.24) is 5.32 Å².